The van der Waals surface area contributed by atoms with Crippen LogP contribution in [0.5, 0.6) is 5.75 Å². The Morgan fingerprint density at radius 2 is 1.96 bits per heavy atom. The number of amides is 1. The molecule has 0 radical (unpaired) electrons. The maximum atomic E-state index is 13.1. The smallest absolute Gasteiger partial charge is 0.261 e. The van der Waals surface area contributed by atoms with Crippen LogP contribution in [0.4, 0.5) is 0 Å². The average Bonchev–Trinajstić information content (AvgIpc) is 2.81. The Labute approximate surface area is 154 Å². The van der Waals surface area contributed by atoms with Crippen molar-refractivity contribution < 1.29 is 9.53 Å². The lowest BCUT2D eigenvalue weighted by atomic mass is 9.74. The standard InChI is InChI=1S/C19H18BrN3O2/c1-18(12-6-4-3-5-7-12)11-19(16(24)23(2)17(21)22-19)14-10-13(20)8-9-15(14)25-18/h3-10H,11H2,1-2H3,(H2,21,22)/t18-,19+/m1/s1. The molecule has 2 heterocycles. The lowest BCUT2D eigenvalue weighted by Crippen LogP contribution is -2.49. The van der Waals surface area contributed by atoms with Gasteiger partial charge in [0.2, 0.25) is 0 Å². The Morgan fingerprint density at radius 3 is 2.60 bits per heavy atom. The molecule has 5 nitrogen and oxygen atoms in total. The number of ether oxygens (including phenoxy) is 1. The van der Waals surface area contributed by atoms with E-state index in [4.69, 9.17) is 10.5 Å². The summed E-state index contributed by atoms with van der Waals surface area (Å²) in [5.41, 5.74) is 5.99. The molecule has 0 aromatic heterocycles. The number of guanidine groups is 1. The van der Waals surface area contributed by atoms with Crippen LogP contribution < -0.4 is 10.5 Å². The van der Waals surface area contributed by atoms with Gasteiger partial charge in [-0.3, -0.25) is 9.69 Å². The molecule has 2 atom stereocenters. The zero-order valence-corrected chi connectivity index (χ0v) is 15.6. The lowest BCUT2D eigenvalue weighted by molar-refractivity contribution is -0.134. The van der Waals surface area contributed by atoms with Crippen LogP contribution in [0.2, 0.25) is 0 Å². The van der Waals surface area contributed by atoms with Crippen LogP contribution >= 0.6 is 15.9 Å². The van der Waals surface area contributed by atoms with Crippen LogP contribution in [0.1, 0.15) is 24.5 Å². The molecule has 0 saturated carbocycles. The van der Waals surface area contributed by atoms with E-state index in [2.05, 4.69) is 20.9 Å². The van der Waals surface area contributed by atoms with Gasteiger partial charge in [-0.05, 0) is 30.7 Å². The molecule has 0 fully saturated rings. The number of halogens is 1. The molecule has 2 N–H and O–H groups in total. The van der Waals surface area contributed by atoms with Crippen LogP contribution in [0.3, 0.4) is 0 Å². The monoisotopic (exact) mass is 399 g/mol. The number of likely N-dealkylation sites (N-methyl/N-ethyl adjacent to an activating group) is 1. The van der Waals surface area contributed by atoms with Gasteiger partial charge in [-0.1, -0.05) is 46.3 Å². The van der Waals surface area contributed by atoms with Gasteiger partial charge in [-0.2, -0.15) is 0 Å². The van der Waals surface area contributed by atoms with E-state index in [1.807, 2.05) is 55.5 Å². The Kier molecular flexibility index (Phi) is 3.44. The van der Waals surface area contributed by atoms with Gasteiger partial charge in [0.25, 0.3) is 5.91 Å². The quantitative estimate of drug-likeness (QED) is 0.800. The third-order valence-corrected chi connectivity index (χ3v) is 5.50. The number of hydrogen-bond acceptors (Lipinski definition) is 4. The predicted molar refractivity (Wildman–Crippen MR) is 99.3 cm³/mol. The van der Waals surface area contributed by atoms with E-state index in [0.29, 0.717) is 12.2 Å². The third-order valence-electron chi connectivity index (χ3n) is 5.01. The second kappa shape index (κ2) is 5.33. The topological polar surface area (TPSA) is 67.9 Å². The fraction of sp³-hybridized carbons (Fsp3) is 0.263. The molecule has 0 bridgehead atoms. The molecule has 1 spiro atoms. The predicted octanol–water partition coefficient (Wildman–Crippen LogP) is 3.13. The largest absolute Gasteiger partial charge is 0.482 e. The van der Waals surface area contributed by atoms with Crippen molar-refractivity contribution in [3.05, 3.63) is 64.1 Å². The van der Waals surface area contributed by atoms with Crippen LogP contribution in [-0.4, -0.2) is 23.8 Å². The van der Waals surface area contributed by atoms with Gasteiger partial charge in [-0.15, -0.1) is 0 Å². The first-order valence-corrected chi connectivity index (χ1v) is 8.83. The maximum absolute atomic E-state index is 13.1. The first-order chi connectivity index (χ1) is 11.9. The molecule has 2 aromatic rings. The summed E-state index contributed by atoms with van der Waals surface area (Å²) in [7, 11) is 1.66. The first-order valence-electron chi connectivity index (χ1n) is 8.04. The molecule has 2 aliphatic heterocycles. The van der Waals surface area contributed by atoms with Crippen molar-refractivity contribution in [1.29, 1.82) is 0 Å². The van der Waals surface area contributed by atoms with Crippen molar-refractivity contribution in [2.45, 2.75) is 24.5 Å². The van der Waals surface area contributed by atoms with Gasteiger partial charge in [-0.25, -0.2) is 4.99 Å². The van der Waals surface area contributed by atoms with E-state index >= 15 is 0 Å². The maximum Gasteiger partial charge on any atom is 0.261 e. The molecule has 6 heteroatoms. The summed E-state index contributed by atoms with van der Waals surface area (Å²) in [4.78, 5) is 19.2. The van der Waals surface area contributed by atoms with Gasteiger partial charge in [0.1, 0.15) is 11.4 Å². The van der Waals surface area contributed by atoms with E-state index in [0.717, 1.165) is 15.6 Å². The van der Waals surface area contributed by atoms with Gasteiger partial charge in [0.15, 0.2) is 11.5 Å². The minimum atomic E-state index is -1.07. The third kappa shape index (κ3) is 2.28. The van der Waals surface area contributed by atoms with E-state index < -0.39 is 11.1 Å². The summed E-state index contributed by atoms with van der Waals surface area (Å²) in [5, 5.41) is 0. The summed E-state index contributed by atoms with van der Waals surface area (Å²) in [6.45, 7) is 1.99. The molecule has 0 saturated heterocycles. The summed E-state index contributed by atoms with van der Waals surface area (Å²) in [5.74, 6) is 0.754. The first kappa shape index (κ1) is 16.1. The van der Waals surface area contributed by atoms with Gasteiger partial charge in [0, 0.05) is 23.5 Å². The summed E-state index contributed by atoms with van der Waals surface area (Å²) >= 11 is 3.48. The number of carbonyl (C=O) groups excluding carboxylic acids is 1. The van der Waals surface area contributed by atoms with E-state index in [1.54, 1.807) is 7.05 Å². The van der Waals surface area contributed by atoms with E-state index in [1.165, 1.54) is 4.90 Å². The van der Waals surface area contributed by atoms with Crippen LogP contribution in [0.15, 0.2) is 58.0 Å². The summed E-state index contributed by atoms with van der Waals surface area (Å²) in [6, 6.07) is 15.6. The van der Waals surface area contributed by atoms with Gasteiger partial charge in [0.05, 0.1) is 0 Å². The highest BCUT2D eigenvalue weighted by molar-refractivity contribution is 9.10. The Morgan fingerprint density at radius 1 is 1.24 bits per heavy atom. The highest BCUT2D eigenvalue weighted by Crippen LogP contribution is 2.52. The van der Waals surface area contributed by atoms with Crippen molar-refractivity contribution in [1.82, 2.24) is 4.90 Å². The molecular formula is C19H18BrN3O2. The Balaban J connectivity index is 1.95. The average molecular weight is 400 g/mol. The van der Waals surface area contributed by atoms with E-state index in [-0.39, 0.29) is 11.9 Å². The number of rotatable bonds is 1. The minimum Gasteiger partial charge on any atom is -0.482 e. The number of carbonyl (C=O) groups is 1. The second-order valence-electron chi connectivity index (χ2n) is 6.71. The molecular weight excluding hydrogens is 382 g/mol. The van der Waals surface area contributed by atoms with Crippen molar-refractivity contribution in [2.75, 3.05) is 7.05 Å². The molecule has 2 aromatic carbocycles. The minimum absolute atomic E-state index is 0.130. The van der Waals surface area contributed by atoms with Crippen LogP contribution in [-0.2, 0) is 15.9 Å². The number of benzene rings is 2. The Hall–Kier alpha value is -2.34. The highest BCUT2D eigenvalue weighted by atomic mass is 79.9. The van der Waals surface area contributed by atoms with Crippen LogP contribution in [0.25, 0.3) is 0 Å². The van der Waals surface area contributed by atoms with Crippen molar-refractivity contribution >= 4 is 27.8 Å². The highest BCUT2D eigenvalue weighted by Gasteiger charge is 2.57. The fourth-order valence-electron chi connectivity index (χ4n) is 3.72. The van der Waals surface area contributed by atoms with Crippen molar-refractivity contribution in [2.24, 2.45) is 10.7 Å². The molecule has 0 unspecified atom stereocenters. The lowest BCUT2D eigenvalue weighted by Gasteiger charge is -2.43. The van der Waals surface area contributed by atoms with Gasteiger partial charge < -0.3 is 10.5 Å². The Bertz CT molecular complexity index is 899. The molecule has 1 amide bonds. The fourth-order valence-corrected chi connectivity index (χ4v) is 4.08. The molecule has 4 rings (SSSR count). The number of nitrogens with zero attached hydrogens (tertiary/aromatic N) is 2. The van der Waals surface area contributed by atoms with Crippen molar-refractivity contribution in [3.8, 4) is 5.75 Å². The normalized spacial score (nSPS) is 27.9. The van der Waals surface area contributed by atoms with Gasteiger partial charge >= 0.3 is 0 Å². The number of hydrogen-bond donors (Lipinski definition) is 1. The molecule has 2 aliphatic rings. The van der Waals surface area contributed by atoms with E-state index in [9.17, 15) is 4.79 Å². The summed E-state index contributed by atoms with van der Waals surface area (Å²) < 4.78 is 7.23. The number of aliphatic imine (C=N–C) groups is 1. The van der Waals surface area contributed by atoms with Crippen molar-refractivity contribution in [3.63, 3.8) is 0 Å². The number of fused-ring (bicyclic) bond motifs is 2. The zero-order valence-electron chi connectivity index (χ0n) is 14.0. The summed E-state index contributed by atoms with van der Waals surface area (Å²) in [6.07, 6.45) is 0.386. The molecule has 25 heavy (non-hydrogen) atoms. The second-order valence-corrected chi connectivity index (χ2v) is 7.63. The van der Waals surface area contributed by atoms with Crippen LogP contribution in [0, 0.1) is 0 Å². The molecule has 0 aliphatic carbocycles. The number of nitrogens with two attached hydrogens (primary N) is 1. The molecule has 128 valence electrons. The SMILES string of the molecule is CN1C(=O)[C@@]2(C[C@](C)(c3ccccc3)Oc3ccc(Br)cc32)N=C1N. The zero-order chi connectivity index (χ0) is 17.8.